The van der Waals surface area contributed by atoms with Crippen molar-refractivity contribution in [2.75, 3.05) is 19.7 Å². The van der Waals surface area contributed by atoms with Crippen LogP contribution in [0.25, 0.3) is 0 Å². The van der Waals surface area contributed by atoms with Crippen LogP contribution in [-0.2, 0) is 4.79 Å². The van der Waals surface area contributed by atoms with Crippen molar-refractivity contribution in [2.45, 2.75) is 38.2 Å². The van der Waals surface area contributed by atoms with Crippen LogP contribution in [0, 0.1) is 0 Å². The first-order chi connectivity index (χ1) is 6.55. The van der Waals surface area contributed by atoms with Gasteiger partial charge in [0.05, 0.1) is 5.60 Å². The van der Waals surface area contributed by atoms with Gasteiger partial charge in [0.15, 0.2) is 0 Å². The van der Waals surface area contributed by atoms with Crippen LogP contribution in [0.3, 0.4) is 0 Å². The van der Waals surface area contributed by atoms with E-state index in [9.17, 15) is 9.90 Å². The molecule has 1 unspecified atom stereocenters. The first-order valence-corrected chi connectivity index (χ1v) is 5.16. The van der Waals surface area contributed by atoms with Crippen molar-refractivity contribution in [1.29, 1.82) is 0 Å². The molecule has 0 radical (unpaired) electrons. The Hall–Kier alpha value is -0.610. The molecule has 1 heterocycles. The van der Waals surface area contributed by atoms with Crippen molar-refractivity contribution in [1.82, 2.24) is 4.90 Å². The summed E-state index contributed by atoms with van der Waals surface area (Å²) >= 11 is 0. The van der Waals surface area contributed by atoms with Crippen LogP contribution >= 0.6 is 0 Å². The number of piperidine rings is 1. The number of carbonyl (C=O) groups is 1. The number of β-amino-alcohol motifs (C(OH)–C–C–N with tert-alkyl or cyclic N) is 1. The minimum atomic E-state index is -0.729. The lowest BCUT2D eigenvalue weighted by atomic mass is 9.95. The van der Waals surface area contributed by atoms with E-state index >= 15 is 0 Å². The van der Waals surface area contributed by atoms with Crippen LogP contribution in [0.5, 0.6) is 0 Å². The Bertz CT molecular complexity index is 204. The van der Waals surface area contributed by atoms with Gasteiger partial charge in [0.25, 0.3) is 0 Å². The van der Waals surface area contributed by atoms with E-state index in [1.165, 1.54) is 0 Å². The summed E-state index contributed by atoms with van der Waals surface area (Å²) in [5.41, 5.74) is -0.729. The van der Waals surface area contributed by atoms with E-state index in [2.05, 4.69) is 0 Å². The van der Waals surface area contributed by atoms with Crippen molar-refractivity contribution >= 4 is 5.91 Å². The second kappa shape index (κ2) is 4.75. The van der Waals surface area contributed by atoms with E-state index in [0.717, 1.165) is 19.4 Å². The predicted octanol–water partition coefficient (Wildman–Crippen LogP) is 0.132. The van der Waals surface area contributed by atoms with Crippen molar-refractivity contribution < 1.29 is 15.0 Å². The number of carbonyl (C=O) groups excluding carboxylic acids is 1. The molecule has 1 rings (SSSR count). The molecule has 1 aliphatic rings. The highest BCUT2D eigenvalue weighted by Gasteiger charge is 2.30. The second-order valence-corrected chi connectivity index (χ2v) is 4.24. The largest absolute Gasteiger partial charge is 0.396 e. The molecule has 0 saturated carbocycles. The van der Waals surface area contributed by atoms with E-state index in [-0.39, 0.29) is 12.5 Å². The topological polar surface area (TPSA) is 60.8 Å². The Morgan fingerprint density at radius 3 is 2.86 bits per heavy atom. The highest BCUT2D eigenvalue weighted by molar-refractivity contribution is 5.76. The Morgan fingerprint density at radius 1 is 1.57 bits per heavy atom. The molecule has 0 bridgehead atoms. The molecular formula is C10H19NO3. The van der Waals surface area contributed by atoms with E-state index in [0.29, 0.717) is 19.4 Å². The molecule has 0 aromatic heterocycles. The number of amides is 1. The fraction of sp³-hybridized carbons (Fsp3) is 0.900. The molecule has 1 saturated heterocycles. The molecule has 2 N–H and O–H groups in total. The summed E-state index contributed by atoms with van der Waals surface area (Å²) in [6, 6.07) is 0. The van der Waals surface area contributed by atoms with Crippen molar-refractivity contribution in [3.8, 4) is 0 Å². The first kappa shape index (κ1) is 11.5. The normalized spacial score (nSPS) is 27.8. The summed E-state index contributed by atoms with van der Waals surface area (Å²) in [7, 11) is 0. The van der Waals surface area contributed by atoms with Gasteiger partial charge in [-0.25, -0.2) is 0 Å². The number of aliphatic hydroxyl groups excluding tert-OH is 1. The lowest BCUT2D eigenvalue weighted by Gasteiger charge is -2.36. The lowest BCUT2D eigenvalue weighted by Crippen LogP contribution is -2.48. The average Bonchev–Trinajstić information content (AvgIpc) is 2.12. The van der Waals surface area contributed by atoms with Crippen LogP contribution in [0.4, 0.5) is 0 Å². The molecule has 0 aliphatic carbocycles. The van der Waals surface area contributed by atoms with Crippen LogP contribution < -0.4 is 0 Å². The molecule has 4 nitrogen and oxygen atoms in total. The molecule has 82 valence electrons. The summed E-state index contributed by atoms with van der Waals surface area (Å²) < 4.78 is 0. The number of aliphatic hydroxyl groups is 2. The molecule has 1 atom stereocenters. The van der Waals surface area contributed by atoms with Crippen LogP contribution in [-0.4, -0.2) is 46.3 Å². The third kappa shape index (κ3) is 3.27. The van der Waals surface area contributed by atoms with Gasteiger partial charge >= 0.3 is 0 Å². The fourth-order valence-corrected chi connectivity index (χ4v) is 1.82. The van der Waals surface area contributed by atoms with Gasteiger partial charge in [-0.05, 0) is 26.2 Å². The van der Waals surface area contributed by atoms with E-state index < -0.39 is 5.60 Å². The molecule has 0 aromatic carbocycles. The maximum atomic E-state index is 11.5. The molecule has 0 aromatic rings. The molecule has 4 heteroatoms. The van der Waals surface area contributed by atoms with E-state index in [4.69, 9.17) is 5.11 Å². The molecule has 0 spiro atoms. The lowest BCUT2D eigenvalue weighted by molar-refractivity contribution is -0.137. The van der Waals surface area contributed by atoms with Gasteiger partial charge in [-0.3, -0.25) is 4.79 Å². The van der Waals surface area contributed by atoms with E-state index in [1.807, 2.05) is 0 Å². The van der Waals surface area contributed by atoms with Gasteiger partial charge in [0.2, 0.25) is 5.91 Å². The highest BCUT2D eigenvalue weighted by Crippen LogP contribution is 2.20. The van der Waals surface area contributed by atoms with Gasteiger partial charge in [0, 0.05) is 26.1 Å². The Labute approximate surface area is 84.5 Å². The highest BCUT2D eigenvalue weighted by atomic mass is 16.3. The van der Waals surface area contributed by atoms with Gasteiger partial charge in [-0.1, -0.05) is 0 Å². The molecule has 14 heavy (non-hydrogen) atoms. The monoisotopic (exact) mass is 201 g/mol. The fourth-order valence-electron chi connectivity index (χ4n) is 1.82. The Balaban J connectivity index is 2.40. The smallest absolute Gasteiger partial charge is 0.222 e. The van der Waals surface area contributed by atoms with Gasteiger partial charge in [-0.2, -0.15) is 0 Å². The Kier molecular flexibility index (Phi) is 3.89. The van der Waals surface area contributed by atoms with Crippen molar-refractivity contribution in [3.63, 3.8) is 0 Å². The van der Waals surface area contributed by atoms with Crippen LogP contribution in [0.15, 0.2) is 0 Å². The van der Waals surface area contributed by atoms with Crippen molar-refractivity contribution in [2.24, 2.45) is 0 Å². The van der Waals surface area contributed by atoms with Gasteiger partial charge in [-0.15, -0.1) is 0 Å². The number of rotatable bonds is 3. The number of hydrogen-bond acceptors (Lipinski definition) is 3. The van der Waals surface area contributed by atoms with Crippen LogP contribution in [0.2, 0.25) is 0 Å². The quantitative estimate of drug-likeness (QED) is 0.682. The number of nitrogens with zero attached hydrogens (tertiary/aromatic N) is 1. The van der Waals surface area contributed by atoms with E-state index in [1.54, 1.807) is 11.8 Å². The SMILES string of the molecule is CC1(O)CCCN(C(=O)CCCO)C1. The maximum absolute atomic E-state index is 11.5. The number of hydrogen-bond donors (Lipinski definition) is 2. The molecule has 1 aliphatic heterocycles. The zero-order chi connectivity index (χ0) is 10.6. The third-order valence-electron chi connectivity index (χ3n) is 2.58. The molecule has 1 fully saturated rings. The zero-order valence-corrected chi connectivity index (χ0v) is 8.70. The molecule has 1 amide bonds. The standard InChI is InChI=1S/C10H19NO3/c1-10(14)5-3-6-11(8-10)9(13)4-2-7-12/h12,14H,2-8H2,1H3. The second-order valence-electron chi connectivity index (χ2n) is 4.24. The summed E-state index contributed by atoms with van der Waals surface area (Å²) in [6.07, 6.45) is 2.51. The minimum Gasteiger partial charge on any atom is -0.396 e. The third-order valence-corrected chi connectivity index (χ3v) is 2.58. The average molecular weight is 201 g/mol. The zero-order valence-electron chi connectivity index (χ0n) is 8.70. The summed E-state index contributed by atoms with van der Waals surface area (Å²) in [4.78, 5) is 13.2. The van der Waals surface area contributed by atoms with Gasteiger partial charge in [0.1, 0.15) is 0 Å². The maximum Gasteiger partial charge on any atom is 0.222 e. The predicted molar refractivity (Wildman–Crippen MR) is 52.8 cm³/mol. The van der Waals surface area contributed by atoms with Gasteiger partial charge < -0.3 is 15.1 Å². The summed E-state index contributed by atoms with van der Waals surface area (Å²) in [6.45, 7) is 2.98. The summed E-state index contributed by atoms with van der Waals surface area (Å²) in [5, 5.41) is 18.4. The minimum absolute atomic E-state index is 0.0408. The van der Waals surface area contributed by atoms with Crippen LogP contribution in [0.1, 0.15) is 32.6 Å². The Morgan fingerprint density at radius 2 is 2.29 bits per heavy atom. The first-order valence-electron chi connectivity index (χ1n) is 5.16. The number of likely N-dealkylation sites (tertiary alicyclic amines) is 1. The summed E-state index contributed by atoms with van der Waals surface area (Å²) in [5.74, 6) is 0.0408. The van der Waals surface area contributed by atoms with Crippen molar-refractivity contribution in [3.05, 3.63) is 0 Å². The molecular weight excluding hydrogens is 182 g/mol.